The number of rotatable bonds is 10. The molecule has 0 unspecified atom stereocenters. The fourth-order valence-corrected chi connectivity index (χ4v) is 3.53. The highest BCUT2D eigenvalue weighted by Crippen LogP contribution is 2.08. The maximum Gasteiger partial charge on any atom is 0.317 e. The molecule has 13 heteroatoms. The third kappa shape index (κ3) is 10.8. The maximum atomic E-state index is 11.2. The van der Waals surface area contributed by atoms with Crippen LogP contribution in [0.25, 0.3) is 0 Å². The van der Waals surface area contributed by atoms with Crippen molar-refractivity contribution in [3.63, 3.8) is 0 Å². The van der Waals surface area contributed by atoms with Crippen molar-refractivity contribution in [3.8, 4) is 0 Å². The first kappa shape index (κ1) is 27.2. The zero-order valence-corrected chi connectivity index (χ0v) is 17.5. The molecule has 0 aromatic heterocycles. The summed E-state index contributed by atoms with van der Waals surface area (Å²) in [6.07, 6.45) is -1.22. The molecular weight excluding hydrogens is 416 g/mol. The van der Waals surface area contributed by atoms with E-state index in [1.807, 2.05) is 0 Å². The molecule has 0 spiro atoms. The zero-order chi connectivity index (χ0) is 23.4. The van der Waals surface area contributed by atoms with Crippen molar-refractivity contribution in [2.45, 2.75) is 12.1 Å². The van der Waals surface area contributed by atoms with Gasteiger partial charge in [0.2, 0.25) is 0 Å². The molecule has 1 heterocycles. The normalized spacial score (nSPS) is 21.0. The Morgan fingerprint density at radius 2 is 0.935 bits per heavy atom. The highest BCUT2D eigenvalue weighted by atomic mass is 16.4. The van der Waals surface area contributed by atoms with Crippen molar-refractivity contribution in [3.05, 3.63) is 0 Å². The van der Waals surface area contributed by atoms with E-state index in [1.54, 1.807) is 19.6 Å². The average Bonchev–Trinajstić information content (AvgIpc) is 2.68. The first-order valence-electron chi connectivity index (χ1n) is 10.1. The van der Waals surface area contributed by atoms with Crippen LogP contribution in [-0.4, -0.2) is 165 Å². The van der Waals surface area contributed by atoms with Crippen molar-refractivity contribution >= 4 is 17.9 Å². The Bertz CT molecular complexity index is 548. The van der Waals surface area contributed by atoms with Crippen LogP contribution < -0.4 is 0 Å². The molecule has 1 aliphatic rings. The van der Waals surface area contributed by atoms with Gasteiger partial charge in [-0.3, -0.25) is 34.0 Å². The molecule has 1 saturated heterocycles. The number of aliphatic hydroxyl groups is 3. The first-order chi connectivity index (χ1) is 14.7. The third-order valence-corrected chi connectivity index (χ3v) is 5.24. The lowest BCUT2D eigenvalue weighted by Crippen LogP contribution is -2.54. The Kier molecular flexibility index (Phi) is 12.5. The number of aliphatic carboxylic acids is 3. The largest absolute Gasteiger partial charge is 0.480 e. The van der Waals surface area contributed by atoms with Gasteiger partial charge >= 0.3 is 17.9 Å². The van der Waals surface area contributed by atoms with Gasteiger partial charge in [-0.2, -0.15) is 0 Å². The topological polar surface area (TPSA) is 186 Å². The number of hydrogen-bond donors (Lipinski definition) is 6. The molecule has 1 rings (SSSR count). The third-order valence-electron chi connectivity index (χ3n) is 5.24. The maximum absolute atomic E-state index is 11.2. The van der Waals surface area contributed by atoms with Crippen molar-refractivity contribution in [1.82, 2.24) is 19.6 Å². The van der Waals surface area contributed by atoms with Gasteiger partial charge in [0.05, 0.1) is 45.0 Å². The fraction of sp³-hybridized carbons (Fsp3) is 0.833. The Balaban J connectivity index is 3.05. The second-order valence-corrected chi connectivity index (χ2v) is 7.55. The molecule has 0 radical (unpaired) electrons. The summed E-state index contributed by atoms with van der Waals surface area (Å²) in [5.41, 5.74) is 0. The molecule has 2 atom stereocenters. The molecule has 0 aromatic carbocycles. The molecule has 6 N–H and O–H groups in total. The number of hydrogen-bond acceptors (Lipinski definition) is 10. The van der Waals surface area contributed by atoms with E-state index in [-0.39, 0.29) is 72.0 Å². The Labute approximate surface area is 180 Å². The quantitative estimate of drug-likeness (QED) is 0.190. The van der Waals surface area contributed by atoms with Crippen LogP contribution in [0.2, 0.25) is 0 Å². The van der Waals surface area contributed by atoms with Gasteiger partial charge in [-0.1, -0.05) is 0 Å². The minimum atomic E-state index is -1.22. The van der Waals surface area contributed by atoms with E-state index in [1.165, 1.54) is 0 Å². The SMILES string of the molecule is O=C(O)CN1CCN(CC(=O)O)CCN([C@H](CO)[C@H](O)CO)CCN(CC(=O)O)CC1. The smallest absolute Gasteiger partial charge is 0.317 e. The summed E-state index contributed by atoms with van der Waals surface area (Å²) in [6, 6.07) is -0.796. The molecule has 0 bridgehead atoms. The minimum absolute atomic E-state index is 0.247. The summed E-state index contributed by atoms with van der Waals surface area (Å²) in [4.78, 5) is 40.3. The van der Waals surface area contributed by atoms with Crippen LogP contribution in [0.15, 0.2) is 0 Å². The predicted molar refractivity (Wildman–Crippen MR) is 108 cm³/mol. The summed E-state index contributed by atoms with van der Waals surface area (Å²) in [5.74, 6) is -3.10. The number of carboxylic acids is 3. The molecule has 180 valence electrons. The van der Waals surface area contributed by atoms with E-state index in [2.05, 4.69) is 0 Å². The highest BCUT2D eigenvalue weighted by Gasteiger charge is 2.27. The van der Waals surface area contributed by atoms with Gasteiger partial charge in [-0.15, -0.1) is 0 Å². The molecule has 13 nitrogen and oxygen atoms in total. The van der Waals surface area contributed by atoms with Gasteiger partial charge in [0, 0.05) is 52.4 Å². The first-order valence-corrected chi connectivity index (χ1v) is 10.1. The monoisotopic (exact) mass is 450 g/mol. The summed E-state index contributed by atoms with van der Waals surface area (Å²) < 4.78 is 0. The van der Waals surface area contributed by atoms with Gasteiger partial charge in [0.15, 0.2) is 0 Å². The van der Waals surface area contributed by atoms with Crippen molar-refractivity contribution in [2.24, 2.45) is 0 Å². The van der Waals surface area contributed by atoms with Gasteiger partial charge < -0.3 is 30.6 Å². The zero-order valence-electron chi connectivity index (χ0n) is 17.5. The van der Waals surface area contributed by atoms with Crippen LogP contribution in [0, 0.1) is 0 Å². The van der Waals surface area contributed by atoms with E-state index >= 15 is 0 Å². The van der Waals surface area contributed by atoms with Crippen molar-refractivity contribution in [1.29, 1.82) is 0 Å². The van der Waals surface area contributed by atoms with Gasteiger partial charge in [-0.05, 0) is 0 Å². The summed E-state index contributed by atoms with van der Waals surface area (Å²) in [5, 5.41) is 56.6. The van der Waals surface area contributed by atoms with E-state index in [0.29, 0.717) is 0 Å². The number of nitrogens with zero attached hydrogens (tertiary/aromatic N) is 4. The van der Waals surface area contributed by atoms with Gasteiger partial charge in [-0.25, -0.2) is 0 Å². The Hall–Kier alpha value is -1.87. The van der Waals surface area contributed by atoms with Gasteiger partial charge in [0.1, 0.15) is 0 Å². The van der Waals surface area contributed by atoms with Crippen molar-refractivity contribution in [2.75, 3.05) is 85.2 Å². The molecule has 1 fully saturated rings. The fourth-order valence-electron chi connectivity index (χ4n) is 3.53. The number of aliphatic hydroxyl groups excluding tert-OH is 3. The summed E-state index contributed by atoms with van der Waals surface area (Å²) in [6.45, 7) is 0.396. The van der Waals surface area contributed by atoms with Crippen LogP contribution in [0.3, 0.4) is 0 Å². The minimum Gasteiger partial charge on any atom is -0.480 e. The van der Waals surface area contributed by atoms with E-state index in [0.717, 1.165) is 0 Å². The Morgan fingerprint density at radius 1 is 0.613 bits per heavy atom. The molecule has 31 heavy (non-hydrogen) atoms. The highest BCUT2D eigenvalue weighted by molar-refractivity contribution is 5.69. The second-order valence-electron chi connectivity index (χ2n) is 7.55. The van der Waals surface area contributed by atoms with E-state index < -0.39 is 43.3 Å². The summed E-state index contributed by atoms with van der Waals surface area (Å²) in [7, 11) is 0. The van der Waals surface area contributed by atoms with Crippen LogP contribution in [0.5, 0.6) is 0 Å². The van der Waals surface area contributed by atoms with Crippen LogP contribution in [0.4, 0.5) is 0 Å². The molecule has 0 aliphatic carbocycles. The number of carboxylic acid groups (broad SMARTS) is 3. The number of carbonyl (C=O) groups is 3. The van der Waals surface area contributed by atoms with Crippen LogP contribution >= 0.6 is 0 Å². The molecule has 1 aliphatic heterocycles. The molecule has 0 amide bonds. The predicted octanol–water partition coefficient (Wildman–Crippen LogP) is -3.82. The summed E-state index contributed by atoms with van der Waals surface area (Å²) >= 11 is 0. The standard InChI is InChI=1S/C18H34N4O9/c23-12-14(15(25)13-24)22-7-5-20(10-17(28)29)3-1-19(9-16(26)27)2-4-21(6-8-22)11-18(30)31/h14-15,23-25H,1-13H2,(H,26,27)(H,28,29)(H,30,31)/t14-,15-/m1/s1. The van der Waals surface area contributed by atoms with E-state index in [9.17, 15) is 39.9 Å². The van der Waals surface area contributed by atoms with Crippen LogP contribution in [0.1, 0.15) is 0 Å². The van der Waals surface area contributed by atoms with Crippen molar-refractivity contribution < 1.29 is 45.0 Å². The van der Waals surface area contributed by atoms with Gasteiger partial charge in [0.25, 0.3) is 0 Å². The molecular formula is C18H34N4O9. The van der Waals surface area contributed by atoms with Crippen LogP contribution in [-0.2, 0) is 14.4 Å². The molecule has 0 saturated carbocycles. The lowest BCUT2D eigenvalue weighted by atomic mass is 10.1. The average molecular weight is 450 g/mol. The lowest BCUT2D eigenvalue weighted by Gasteiger charge is -2.37. The second kappa shape index (κ2) is 14.2. The lowest BCUT2D eigenvalue weighted by molar-refractivity contribution is -0.140. The Morgan fingerprint density at radius 3 is 1.19 bits per heavy atom. The van der Waals surface area contributed by atoms with E-state index in [4.69, 9.17) is 5.11 Å². The molecule has 0 aromatic rings.